The molecule has 0 aliphatic heterocycles. The first-order valence-corrected chi connectivity index (χ1v) is 1.75. The van der Waals surface area contributed by atoms with Gasteiger partial charge in [-0.25, -0.2) is 0 Å². The minimum Gasteiger partial charge on any atom is -0.377 e. The number of halogens is 1. The average molecular weight is 125 g/mol. The van der Waals surface area contributed by atoms with Crippen LogP contribution >= 0.6 is 12.4 Å². The van der Waals surface area contributed by atoms with Gasteiger partial charge in [0.25, 0.3) is 0 Å². The van der Waals surface area contributed by atoms with E-state index in [9.17, 15) is 4.79 Å². The van der Waals surface area contributed by atoms with Crippen LogP contribution in [0.5, 0.6) is 0 Å². The normalized spacial score (nSPS) is 7.14. The van der Waals surface area contributed by atoms with Gasteiger partial charge in [0.2, 0.25) is 0 Å². The van der Waals surface area contributed by atoms with E-state index in [0.29, 0.717) is 0 Å². The molecular formula is C4H9ClO2. The van der Waals surface area contributed by atoms with Crippen LogP contribution in [-0.4, -0.2) is 19.5 Å². The van der Waals surface area contributed by atoms with E-state index in [1.165, 1.54) is 14.0 Å². The molecule has 0 N–H and O–H groups in total. The number of ketones is 1. The van der Waals surface area contributed by atoms with Gasteiger partial charge in [-0.1, -0.05) is 0 Å². The van der Waals surface area contributed by atoms with E-state index in [0.717, 1.165) is 0 Å². The fourth-order valence-electron chi connectivity index (χ4n) is 0.203. The Morgan fingerprint density at radius 1 is 1.71 bits per heavy atom. The fraction of sp³-hybridized carbons (Fsp3) is 0.750. The van der Waals surface area contributed by atoms with Crippen LogP contribution in [-0.2, 0) is 9.53 Å². The SMILES string of the molecule is COCC(C)=O.Cl. The average Bonchev–Trinajstić information content (AvgIpc) is 1.35. The predicted octanol–water partition coefficient (Wildman–Crippen LogP) is 0.644. The van der Waals surface area contributed by atoms with Crippen LogP contribution in [0.4, 0.5) is 0 Å². The van der Waals surface area contributed by atoms with Crippen LogP contribution in [0.15, 0.2) is 0 Å². The Bertz CT molecular complexity index is 53.7. The van der Waals surface area contributed by atoms with Gasteiger partial charge in [0.15, 0.2) is 5.78 Å². The van der Waals surface area contributed by atoms with Crippen molar-refractivity contribution >= 4 is 18.2 Å². The van der Waals surface area contributed by atoms with Gasteiger partial charge in [0.1, 0.15) is 6.61 Å². The van der Waals surface area contributed by atoms with E-state index in [2.05, 4.69) is 4.74 Å². The van der Waals surface area contributed by atoms with Crippen molar-refractivity contribution in [3.05, 3.63) is 0 Å². The van der Waals surface area contributed by atoms with Crippen LogP contribution in [0.2, 0.25) is 0 Å². The van der Waals surface area contributed by atoms with E-state index in [4.69, 9.17) is 0 Å². The molecule has 0 atom stereocenters. The lowest BCUT2D eigenvalue weighted by atomic mass is 10.5. The second-order valence-electron chi connectivity index (χ2n) is 1.14. The number of rotatable bonds is 2. The Morgan fingerprint density at radius 2 is 2.14 bits per heavy atom. The summed E-state index contributed by atoms with van der Waals surface area (Å²) in [6.07, 6.45) is 0. The second-order valence-corrected chi connectivity index (χ2v) is 1.14. The minimum atomic E-state index is 0. The minimum absolute atomic E-state index is 0. The molecule has 0 aromatic heterocycles. The highest BCUT2D eigenvalue weighted by Gasteiger charge is 1.83. The van der Waals surface area contributed by atoms with Gasteiger partial charge < -0.3 is 4.74 Å². The van der Waals surface area contributed by atoms with Crippen molar-refractivity contribution in [2.45, 2.75) is 6.92 Å². The zero-order valence-electron chi connectivity index (χ0n) is 4.43. The molecule has 0 aliphatic carbocycles. The number of Topliss-reactive ketones (excluding diaryl/α,β-unsaturated/α-hetero) is 1. The molecule has 7 heavy (non-hydrogen) atoms. The van der Waals surface area contributed by atoms with Crippen LogP contribution < -0.4 is 0 Å². The predicted molar refractivity (Wildman–Crippen MR) is 29.8 cm³/mol. The summed E-state index contributed by atoms with van der Waals surface area (Å²) in [7, 11) is 1.50. The topological polar surface area (TPSA) is 26.3 Å². The molecule has 0 aromatic carbocycles. The van der Waals surface area contributed by atoms with Gasteiger partial charge in [-0.2, -0.15) is 0 Å². The van der Waals surface area contributed by atoms with Crippen LogP contribution in [0, 0.1) is 0 Å². The summed E-state index contributed by atoms with van der Waals surface area (Å²) in [5, 5.41) is 0. The number of ether oxygens (including phenoxy) is 1. The molecule has 0 aromatic rings. The third-order valence-corrected chi connectivity index (χ3v) is 0.348. The van der Waals surface area contributed by atoms with Crippen molar-refractivity contribution in [1.82, 2.24) is 0 Å². The number of hydrogen-bond acceptors (Lipinski definition) is 2. The summed E-state index contributed by atoms with van der Waals surface area (Å²) in [5.74, 6) is 0.0671. The molecule has 0 amide bonds. The molecule has 0 fully saturated rings. The molecule has 0 aliphatic rings. The smallest absolute Gasteiger partial charge is 0.155 e. The van der Waals surface area contributed by atoms with Crippen molar-refractivity contribution in [1.29, 1.82) is 0 Å². The molecule has 0 saturated carbocycles. The van der Waals surface area contributed by atoms with Gasteiger partial charge in [0, 0.05) is 7.11 Å². The third-order valence-electron chi connectivity index (χ3n) is 0.348. The molecular weight excluding hydrogens is 115 g/mol. The molecule has 0 radical (unpaired) electrons. The third kappa shape index (κ3) is 10.7. The molecule has 0 rings (SSSR count). The van der Waals surface area contributed by atoms with Crippen molar-refractivity contribution in [3.8, 4) is 0 Å². The number of carbonyl (C=O) groups excluding carboxylic acids is 1. The quantitative estimate of drug-likeness (QED) is 0.540. The lowest BCUT2D eigenvalue weighted by Gasteiger charge is -1.84. The zero-order chi connectivity index (χ0) is 4.99. The van der Waals surface area contributed by atoms with E-state index < -0.39 is 0 Å². The number of methoxy groups -OCH3 is 1. The molecule has 0 spiro atoms. The highest BCUT2D eigenvalue weighted by Crippen LogP contribution is 1.65. The van der Waals surface area contributed by atoms with E-state index in [1.807, 2.05) is 0 Å². The standard InChI is InChI=1S/C4H8O2.ClH/c1-4(5)3-6-2;/h3H2,1-2H3;1H. The monoisotopic (exact) mass is 124 g/mol. The van der Waals surface area contributed by atoms with Gasteiger partial charge in [0.05, 0.1) is 0 Å². The van der Waals surface area contributed by atoms with Crippen molar-refractivity contribution in [3.63, 3.8) is 0 Å². The molecule has 2 nitrogen and oxygen atoms in total. The molecule has 44 valence electrons. The largest absolute Gasteiger partial charge is 0.377 e. The maximum absolute atomic E-state index is 9.92. The summed E-state index contributed by atoms with van der Waals surface area (Å²) in [4.78, 5) is 9.92. The Hall–Kier alpha value is -0.0800. The maximum Gasteiger partial charge on any atom is 0.155 e. The van der Waals surface area contributed by atoms with Gasteiger partial charge in [-0.15, -0.1) is 12.4 Å². The first-order valence-electron chi connectivity index (χ1n) is 1.75. The highest BCUT2D eigenvalue weighted by molar-refractivity contribution is 5.85. The molecule has 0 unspecified atom stereocenters. The molecule has 0 heterocycles. The summed E-state index contributed by atoms with van der Waals surface area (Å²) < 4.78 is 4.45. The fourth-order valence-corrected chi connectivity index (χ4v) is 0.203. The van der Waals surface area contributed by atoms with Crippen molar-refractivity contribution in [2.75, 3.05) is 13.7 Å². The number of carbonyl (C=O) groups is 1. The lowest BCUT2D eigenvalue weighted by molar-refractivity contribution is -0.120. The van der Waals surface area contributed by atoms with Gasteiger partial charge in [-0.05, 0) is 6.92 Å². The maximum atomic E-state index is 9.92. The van der Waals surface area contributed by atoms with Crippen LogP contribution in [0.25, 0.3) is 0 Å². The summed E-state index contributed by atoms with van der Waals surface area (Å²) in [5.41, 5.74) is 0. The van der Waals surface area contributed by atoms with Gasteiger partial charge >= 0.3 is 0 Å². The summed E-state index contributed by atoms with van der Waals surface area (Å²) >= 11 is 0. The van der Waals surface area contributed by atoms with Crippen LogP contribution in [0.3, 0.4) is 0 Å². The Kier molecular flexibility index (Phi) is 8.47. The first-order chi connectivity index (χ1) is 2.77. The highest BCUT2D eigenvalue weighted by atomic mass is 35.5. The lowest BCUT2D eigenvalue weighted by Crippen LogP contribution is -1.98. The first kappa shape index (κ1) is 10.0. The van der Waals surface area contributed by atoms with Crippen LogP contribution in [0.1, 0.15) is 6.92 Å². The van der Waals surface area contributed by atoms with Crippen molar-refractivity contribution in [2.24, 2.45) is 0 Å². The Labute approximate surface area is 49.3 Å². The Morgan fingerprint density at radius 3 is 2.14 bits per heavy atom. The summed E-state index contributed by atoms with van der Waals surface area (Å²) in [6.45, 7) is 1.73. The second kappa shape index (κ2) is 5.92. The molecule has 0 bridgehead atoms. The number of hydrogen-bond donors (Lipinski definition) is 0. The van der Waals surface area contributed by atoms with Gasteiger partial charge in [-0.3, -0.25) is 4.79 Å². The van der Waals surface area contributed by atoms with Crippen molar-refractivity contribution < 1.29 is 9.53 Å². The summed E-state index contributed by atoms with van der Waals surface area (Å²) in [6, 6.07) is 0. The Balaban J connectivity index is 0. The van der Waals surface area contributed by atoms with E-state index >= 15 is 0 Å². The van der Waals surface area contributed by atoms with E-state index in [-0.39, 0.29) is 24.8 Å². The van der Waals surface area contributed by atoms with E-state index in [1.54, 1.807) is 0 Å². The molecule has 3 heteroatoms. The molecule has 0 saturated heterocycles. The zero-order valence-corrected chi connectivity index (χ0v) is 5.25.